The molecule has 0 spiro atoms. The predicted octanol–water partition coefficient (Wildman–Crippen LogP) is 2.59. The Balaban J connectivity index is 2.91. The summed E-state index contributed by atoms with van der Waals surface area (Å²) in [6.45, 7) is 0.917. The van der Waals surface area contributed by atoms with Crippen LogP contribution in [-0.4, -0.2) is 37.6 Å². The molecule has 0 atom stereocenters. The summed E-state index contributed by atoms with van der Waals surface area (Å²) in [5.41, 5.74) is -0.0107. The van der Waals surface area contributed by atoms with Gasteiger partial charge in [-0.3, -0.25) is 4.79 Å². The van der Waals surface area contributed by atoms with Crippen molar-refractivity contribution in [3.63, 3.8) is 0 Å². The van der Waals surface area contributed by atoms with Crippen LogP contribution in [0.25, 0.3) is 0 Å². The highest BCUT2D eigenvalue weighted by atomic mass is 79.9. The van der Waals surface area contributed by atoms with Gasteiger partial charge in [0, 0.05) is 24.7 Å². The minimum Gasteiger partial charge on any atom is -0.383 e. The molecule has 102 valence electrons. The van der Waals surface area contributed by atoms with E-state index in [0.29, 0.717) is 17.6 Å². The summed E-state index contributed by atoms with van der Waals surface area (Å²) in [6.07, 6.45) is 0.199. The fourth-order valence-corrected chi connectivity index (χ4v) is 1.89. The van der Waals surface area contributed by atoms with Crippen LogP contribution in [0.4, 0.5) is 4.39 Å². The highest BCUT2D eigenvalue weighted by Gasteiger charge is 2.19. The smallest absolute Gasteiger partial charge is 0.256 e. The van der Waals surface area contributed by atoms with E-state index in [2.05, 4.69) is 15.9 Å². The maximum atomic E-state index is 13.7. The van der Waals surface area contributed by atoms with E-state index in [0.717, 1.165) is 0 Å². The number of hydrogen-bond donors (Lipinski definition) is 0. The van der Waals surface area contributed by atoms with Gasteiger partial charge >= 0.3 is 0 Å². The SMILES string of the molecule is COCCN(CCC#N)C(=O)c1cc(Br)ccc1F. The molecular weight excluding hydrogens is 315 g/mol. The predicted molar refractivity (Wildman–Crippen MR) is 72.1 cm³/mol. The largest absolute Gasteiger partial charge is 0.383 e. The molecule has 0 saturated heterocycles. The van der Waals surface area contributed by atoms with Gasteiger partial charge in [0.05, 0.1) is 24.7 Å². The molecule has 1 rings (SSSR count). The molecule has 0 N–H and O–H groups in total. The first-order valence-electron chi connectivity index (χ1n) is 5.70. The Morgan fingerprint density at radius 3 is 2.89 bits per heavy atom. The monoisotopic (exact) mass is 328 g/mol. The van der Waals surface area contributed by atoms with Crippen LogP contribution in [0.15, 0.2) is 22.7 Å². The number of methoxy groups -OCH3 is 1. The summed E-state index contributed by atoms with van der Waals surface area (Å²) in [4.78, 5) is 13.6. The van der Waals surface area contributed by atoms with E-state index in [9.17, 15) is 9.18 Å². The number of ether oxygens (including phenoxy) is 1. The Labute approximate surface area is 119 Å². The number of rotatable bonds is 6. The van der Waals surface area contributed by atoms with Gasteiger partial charge in [0.15, 0.2) is 0 Å². The lowest BCUT2D eigenvalue weighted by Crippen LogP contribution is -2.35. The average molecular weight is 329 g/mol. The maximum Gasteiger partial charge on any atom is 0.256 e. The second-order valence-electron chi connectivity index (χ2n) is 3.82. The molecule has 0 radical (unpaired) electrons. The Hall–Kier alpha value is -1.45. The molecule has 0 fully saturated rings. The number of benzene rings is 1. The first-order chi connectivity index (χ1) is 9.10. The Bertz CT molecular complexity index is 488. The number of nitriles is 1. The van der Waals surface area contributed by atoms with Crippen molar-refractivity contribution in [1.82, 2.24) is 4.90 Å². The summed E-state index contributed by atoms with van der Waals surface area (Å²) < 4.78 is 19.2. The maximum absolute atomic E-state index is 13.7. The molecule has 4 nitrogen and oxygen atoms in total. The third kappa shape index (κ3) is 4.62. The molecule has 19 heavy (non-hydrogen) atoms. The minimum atomic E-state index is -0.576. The summed E-state index contributed by atoms with van der Waals surface area (Å²) in [5.74, 6) is -1.02. The lowest BCUT2D eigenvalue weighted by atomic mass is 10.2. The van der Waals surface area contributed by atoms with Crippen LogP contribution in [0.5, 0.6) is 0 Å². The summed E-state index contributed by atoms with van der Waals surface area (Å²) in [6, 6.07) is 6.16. The molecular formula is C13H14BrFN2O2. The number of carbonyl (C=O) groups is 1. The molecule has 0 aliphatic heterocycles. The normalized spacial score (nSPS) is 10.0. The van der Waals surface area contributed by atoms with E-state index in [1.54, 1.807) is 0 Å². The first-order valence-corrected chi connectivity index (χ1v) is 6.49. The molecule has 0 aromatic heterocycles. The molecule has 0 heterocycles. The van der Waals surface area contributed by atoms with E-state index in [1.165, 1.54) is 30.2 Å². The fraction of sp³-hybridized carbons (Fsp3) is 0.385. The molecule has 6 heteroatoms. The van der Waals surface area contributed by atoms with Crippen molar-refractivity contribution in [2.24, 2.45) is 0 Å². The summed E-state index contributed by atoms with van der Waals surface area (Å²) in [5, 5.41) is 8.59. The van der Waals surface area contributed by atoms with Gasteiger partial charge in [-0.1, -0.05) is 15.9 Å². The standard InChI is InChI=1S/C13H14BrFN2O2/c1-19-8-7-17(6-2-5-16)13(18)11-9-10(14)3-4-12(11)15/h3-4,9H,2,6-8H2,1H3. The fourth-order valence-electron chi connectivity index (χ4n) is 1.53. The zero-order valence-electron chi connectivity index (χ0n) is 10.5. The third-order valence-electron chi connectivity index (χ3n) is 2.50. The molecule has 0 aliphatic rings. The number of carbonyl (C=O) groups excluding carboxylic acids is 1. The van der Waals surface area contributed by atoms with E-state index < -0.39 is 11.7 Å². The van der Waals surface area contributed by atoms with Crippen molar-refractivity contribution in [2.75, 3.05) is 26.8 Å². The van der Waals surface area contributed by atoms with Gasteiger partial charge < -0.3 is 9.64 Å². The molecule has 0 aliphatic carbocycles. The lowest BCUT2D eigenvalue weighted by Gasteiger charge is -2.21. The first kappa shape index (κ1) is 15.6. The average Bonchev–Trinajstić information content (AvgIpc) is 2.41. The highest BCUT2D eigenvalue weighted by molar-refractivity contribution is 9.10. The number of amides is 1. The topological polar surface area (TPSA) is 53.3 Å². The van der Waals surface area contributed by atoms with Crippen molar-refractivity contribution in [2.45, 2.75) is 6.42 Å². The lowest BCUT2D eigenvalue weighted by molar-refractivity contribution is 0.0695. The minimum absolute atomic E-state index is 0.0107. The number of halogens is 2. The number of nitrogens with zero attached hydrogens (tertiary/aromatic N) is 2. The van der Waals surface area contributed by atoms with E-state index in [1.807, 2.05) is 6.07 Å². The number of hydrogen-bond acceptors (Lipinski definition) is 3. The summed E-state index contributed by atoms with van der Waals surface area (Å²) >= 11 is 3.20. The van der Waals surface area contributed by atoms with Gasteiger partial charge in [-0.15, -0.1) is 0 Å². The molecule has 1 amide bonds. The zero-order chi connectivity index (χ0) is 14.3. The van der Waals surface area contributed by atoms with Gasteiger partial charge in [-0.05, 0) is 18.2 Å². The van der Waals surface area contributed by atoms with Crippen molar-refractivity contribution in [1.29, 1.82) is 5.26 Å². The van der Waals surface area contributed by atoms with Crippen LogP contribution >= 0.6 is 15.9 Å². The summed E-state index contributed by atoms with van der Waals surface area (Å²) in [7, 11) is 1.52. The molecule has 1 aromatic carbocycles. The van der Waals surface area contributed by atoms with E-state index in [-0.39, 0.29) is 18.5 Å². The Morgan fingerprint density at radius 1 is 1.53 bits per heavy atom. The van der Waals surface area contributed by atoms with Gasteiger partial charge in [-0.2, -0.15) is 5.26 Å². The molecule has 0 saturated carbocycles. The van der Waals surface area contributed by atoms with E-state index >= 15 is 0 Å². The second kappa shape index (κ2) is 7.87. The highest BCUT2D eigenvalue weighted by Crippen LogP contribution is 2.17. The van der Waals surface area contributed by atoms with Crippen LogP contribution in [-0.2, 0) is 4.74 Å². The van der Waals surface area contributed by atoms with Gasteiger partial charge in [0.2, 0.25) is 0 Å². The Kier molecular flexibility index (Phi) is 6.46. The molecule has 0 bridgehead atoms. The molecule has 1 aromatic rings. The zero-order valence-corrected chi connectivity index (χ0v) is 12.1. The Morgan fingerprint density at radius 2 is 2.26 bits per heavy atom. The van der Waals surface area contributed by atoms with Crippen molar-refractivity contribution >= 4 is 21.8 Å². The van der Waals surface area contributed by atoms with Crippen LogP contribution in [0, 0.1) is 17.1 Å². The van der Waals surface area contributed by atoms with Crippen LogP contribution in [0.3, 0.4) is 0 Å². The van der Waals surface area contributed by atoms with Crippen LogP contribution in [0.1, 0.15) is 16.8 Å². The second-order valence-corrected chi connectivity index (χ2v) is 4.73. The van der Waals surface area contributed by atoms with Crippen molar-refractivity contribution in [3.05, 3.63) is 34.1 Å². The van der Waals surface area contributed by atoms with Crippen LogP contribution < -0.4 is 0 Å². The van der Waals surface area contributed by atoms with Crippen LogP contribution in [0.2, 0.25) is 0 Å². The quantitative estimate of drug-likeness (QED) is 0.806. The van der Waals surface area contributed by atoms with E-state index in [4.69, 9.17) is 10.00 Å². The third-order valence-corrected chi connectivity index (χ3v) is 3.00. The van der Waals surface area contributed by atoms with Gasteiger partial charge in [-0.25, -0.2) is 4.39 Å². The van der Waals surface area contributed by atoms with Gasteiger partial charge in [0.25, 0.3) is 5.91 Å². The van der Waals surface area contributed by atoms with Gasteiger partial charge in [0.1, 0.15) is 5.82 Å². The van der Waals surface area contributed by atoms with Crippen molar-refractivity contribution < 1.29 is 13.9 Å². The van der Waals surface area contributed by atoms with Crippen molar-refractivity contribution in [3.8, 4) is 6.07 Å². The molecule has 0 unspecified atom stereocenters.